The highest BCUT2D eigenvalue weighted by Crippen LogP contribution is 2.22. The Balaban J connectivity index is 1.63. The molecule has 2 heterocycles. The van der Waals surface area contributed by atoms with Gasteiger partial charge in [-0.1, -0.05) is 30.3 Å². The van der Waals surface area contributed by atoms with Gasteiger partial charge >= 0.3 is 0 Å². The van der Waals surface area contributed by atoms with E-state index >= 15 is 0 Å². The van der Waals surface area contributed by atoms with E-state index in [0.29, 0.717) is 17.0 Å². The lowest BCUT2D eigenvalue weighted by atomic mass is 10.1. The van der Waals surface area contributed by atoms with Crippen molar-refractivity contribution in [2.45, 2.75) is 0 Å². The summed E-state index contributed by atoms with van der Waals surface area (Å²) in [6.45, 7) is 0. The fourth-order valence-electron chi connectivity index (χ4n) is 2.44. The van der Waals surface area contributed by atoms with Gasteiger partial charge in [0.1, 0.15) is 0 Å². The van der Waals surface area contributed by atoms with Gasteiger partial charge in [0.2, 0.25) is 0 Å². The van der Waals surface area contributed by atoms with Crippen molar-refractivity contribution in [3.8, 4) is 11.3 Å². The largest absolute Gasteiger partial charge is 0.322 e. The van der Waals surface area contributed by atoms with Gasteiger partial charge < -0.3 is 5.32 Å². The zero-order valence-electron chi connectivity index (χ0n) is 12.6. The van der Waals surface area contributed by atoms with Gasteiger partial charge in [0.05, 0.1) is 11.9 Å². The number of hydrogen-bond acceptors (Lipinski definition) is 4. The van der Waals surface area contributed by atoms with Crippen LogP contribution in [0.25, 0.3) is 17.0 Å². The first kappa shape index (κ1) is 14.1. The number of anilines is 1. The maximum absolute atomic E-state index is 12.3. The second-order valence-electron chi connectivity index (χ2n) is 5.25. The summed E-state index contributed by atoms with van der Waals surface area (Å²) in [4.78, 5) is 16.7. The summed E-state index contributed by atoms with van der Waals surface area (Å²) in [7, 11) is 0. The molecule has 0 radical (unpaired) electrons. The fourth-order valence-corrected chi connectivity index (χ4v) is 2.44. The number of fused-ring (bicyclic) bond motifs is 1. The molecule has 0 saturated carbocycles. The lowest BCUT2D eigenvalue weighted by molar-refractivity contribution is 0.102. The van der Waals surface area contributed by atoms with Crippen molar-refractivity contribution < 1.29 is 4.79 Å². The predicted octanol–water partition coefficient (Wildman–Crippen LogP) is 3.04. The molecule has 116 valence electrons. The lowest BCUT2D eigenvalue weighted by Gasteiger charge is -2.06. The van der Waals surface area contributed by atoms with Crippen LogP contribution in [0.1, 0.15) is 10.4 Å². The third-order valence-corrected chi connectivity index (χ3v) is 3.61. The molecule has 1 N–H and O–H groups in total. The van der Waals surface area contributed by atoms with Crippen LogP contribution in [-0.2, 0) is 0 Å². The van der Waals surface area contributed by atoms with E-state index in [0.717, 1.165) is 11.3 Å². The molecule has 0 aliphatic heterocycles. The third kappa shape index (κ3) is 2.72. The molecular formula is C18H13N5O. The number of rotatable bonds is 3. The number of nitrogens with one attached hydrogen (secondary N) is 1. The van der Waals surface area contributed by atoms with E-state index in [1.807, 2.05) is 48.7 Å². The Morgan fingerprint density at radius 3 is 2.75 bits per heavy atom. The Kier molecular flexibility index (Phi) is 3.47. The quantitative estimate of drug-likeness (QED) is 0.631. The Bertz CT molecular complexity index is 977. The van der Waals surface area contributed by atoms with Gasteiger partial charge in [0.15, 0.2) is 0 Å². The maximum atomic E-state index is 12.3. The van der Waals surface area contributed by atoms with Gasteiger partial charge in [-0.15, -0.1) is 5.10 Å². The molecule has 2 aromatic heterocycles. The van der Waals surface area contributed by atoms with Crippen LogP contribution >= 0.6 is 0 Å². The van der Waals surface area contributed by atoms with Gasteiger partial charge in [-0.2, -0.15) is 5.10 Å². The van der Waals surface area contributed by atoms with Crippen LogP contribution in [-0.4, -0.2) is 25.5 Å². The van der Waals surface area contributed by atoms with E-state index in [4.69, 9.17) is 0 Å². The van der Waals surface area contributed by atoms with Gasteiger partial charge in [0.25, 0.3) is 11.7 Å². The van der Waals surface area contributed by atoms with Crippen molar-refractivity contribution in [1.29, 1.82) is 0 Å². The van der Waals surface area contributed by atoms with Crippen LogP contribution in [0.2, 0.25) is 0 Å². The van der Waals surface area contributed by atoms with Crippen molar-refractivity contribution in [2.24, 2.45) is 0 Å². The normalized spacial score (nSPS) is 10.7. The van der Waals surface area contributed by atoms with Crippen molar-refractivity contribution >= 4 is 17.4 Å². The summed E-state index contributed by atoms with van der Waals surface area (Å²) < 4.78 is 1.80. The lowest BCUT2D eigenvalue weighted by Crippen LogP contribution is -2.11. The maximum Gasteiger partial charge on any atom is 0.255 e. The molecule has 24 heavy (non-hydrogen) atoms. The number of hydrogen-bond donors (Lipinski definition) is 1. The predicted molar refractivity (Wildman–Crippen MR) is 90.6 cm³/mol. The minimum atomic E-state index is -0.145. The first-order valence-electron chi connectivity index (χ1n) is 7.43. The second-order valence-corrected chi connectivity index (χ2v) is 5.25. The Hall–Kier alpha value is -3.54. The van der Waals surface area contributed by atoms with Crippen LogP contribution in [0.3, 0.4) is 0 Å². The van der Waals surface area contributed by atoms with Gasteiger partial charge in [0, 0.05) is 29.2 Å². The smallest absolute Gasteiger partial charge is 0.255 e. The molecule has 6 nitrogen and oxygen atoms in total. The molecule has 6 heteroatoms. The van der Waals surface area contributed by atoms with E-state index in [1.165, 1.54) is 0 Å². The van der Waals surface area contributed by atoms with Gasteiger partial charge in [-0.05, 0) is 24.3 Å². The molecular weight excluding hydrogens is 302 g/mol. The molecule has 4 rings (SSSR count). The molecule has 1 amide bonds. The molecule has 0 fully saturated rings. The summed E-state index contributed by atoms with van der Waals surface area (Å²) in [5.41, 5.74) is 2.99. The van der Waals surface area contributed by atoms with E-state index in [9.17, 15) is 4.79 Å². The average Bonchev–Trinajstić information content (AvgIpc) is 3.07. The number of nitrogens with zero attached hydrogens (tertiary/aromatic N) is 4. The van der Waals surface area contributed by atoms with Crippen LogP contribution in [0.4, 0.5) is 5.69 Å². The van der Waals surface area contributed by atoms with Crippen molar-refractivity contribution in [3.63, 3.8) is 0 Å². The molecule has 0 saturated heterocycles. The zero-order valence-corrected chi connectivity index (χ0v) is 12.6. The highest BCUT2D eigenvalue weighted by Gasteiger charge is 2.08. The Morgan fingerprint density at radius 1 is 1.04 bits per heavy atom. The molecule has 0 unspecified atom stereocenters. The highest BCUT2D eigenvalue weighted by atomic mass is 16.1. The van der Waals surface area contributed by atoms with E-state index in [-0.39, 0.29) is 5.91 Å². The standard InChI is InChI=1S/C18H13N5O/c24-17(13-5-2-1-3-6-13)20-15-8-4-7-14(11-15)16-12-23-10-9-19-22-18(23)21-16/h1-12H,(H,20,24). The average molecular weight is 315 g/mol. The van der Waals surface area contributed by atoms with Crippen molar-refractivity contribution in [3.05, 3.63) is 78.8 Å². The second kappa shape index (κ2) is 5.92. The van der Waals surface area contributed by atoms with Crippen molar-refractivity contribution in [2.75, 3.05) is 5.32 Å². The van der Waals surface area contributed by atoms with Gasteiger partial charge in [-0.25, -0.2) is 4.98 Å². The highest BCUT2D eigenvalue weighted by molar-refractivity contribution is 6.04. The number of carbonyl (C=O) groups excluding carboxylic acids is 1. The number of benzene rings is 2. The monoisotopic (exact) mass is 315 g/mol. The number of carbonyl (C=O) groups is 1. The fraction of sp³-hybridized carbons (Fsp3) is 0. The molecule has 0 bridgehead atoms. The minimum Gasteiger partial charge on any atom is -0.322 e. The summed E-state index contributed by atoms with van der Waals surface area (Å²) in [5.74, 6) is 0.389. The Labute approximate surface area is 137 Å². The molecule has 2 aromatic carbocycles. The SMILES string of the molecule is O=C(Nc1cccc(-c2cn3ccnnc3n2)c1)c1ccccc1. The first-order chi connectivity index (χ1) is 11.8. The van der Waals surface area contributed by atoms with Crippen LogP contribution in [0, 0.1) is 0 Å². The van der Waals surface area contributed by atoms with E-state index in [1.54, 1.807) is 28.9 Å². The third-order valence-electron chi connectivity index (χ3n) is 3.61. The van der Waals surface area contributed by atoms with E-state index in [2.05, 4.69) is 20.5 Å². The molecule has 0 spiro atoms. The van der Waals surface area contributed by atoms with Crippen LogP contribution in [0.15, 0.2) is 73.2 Å². The summed E-state index contributed by atoms with van der Waals surface area (Å²) in [5, 5.41) is 10.7. The van der Waals surface area contributed by atoms with Crippen molar-refractivity contribution in [1.82, 2.24) is 19.6 Å². The number of imidazole rings is 1. The number of aromatic nitrogens is 4. The summed E-state index contributed by atoms with van der Waals surface area (Å²) >= 11 is 0. The van der Waals surface area contributed by atoms with Crippen LogP contribution < -0.4 is 5.32 Å². The molecule has 0 aliphatic rings. The summed E-state index contributed by atoms with van der Waals surface area (Å²) in [6.07, 6.45) is 5.27. The number of amides is 1. The molecule has 4 aromatic rings. The molecule has 0 aliphatic carbocycles. The molecule has 0 atom stereocenters. The Morgan fingerprint density at radius 2 is 1.92 bits per heavy atom. The minimum absolute atomic E-state index is 0.145. The van der Waals surface area contributed by atoms with Gasteiger partial charge in [-0.3, -0.25) is 9.20 Å². The van der Waals surface area contributed by atoms with Crippen LogP contribution in [0.5, 0.6) is 0 Å². The van der Waals surface area contributed by atoms with E-state index < -0.39 is 0 Å². The topological polar surface area (TPSA) is 72.2 Å². The first-order valence-corrected chi connectivity index (χ1v) is 7.43. The zero-order chi connectivity index (χ0) is 16.4. The summed E-state index contributed by atoms with van der Waals surface area (Å²) in [6, 6.07) is 16.7.